The van der Waals surface area contributed by atoms with Crippen molar-refractivity contribution in [2.24, 2.45) is 5.73 Å². The largest absolute Gasteiger partial charge is 0.363 e. The highest BCUT2D eigenvalue weighted by atomic mass is 16.1. The van der Waals surface area contributed by atoms with E-state index in [1.165, 1.54) is 11.1 Å². The Morgan fingerprint density at radius 3 is 2.76 bits per heavy atom. The van der Waals surface area contributed by atoms with Gasteiger partial charge in [-0.05, 0) is 38.3 Å². The van der Waals surface area contributed by atoms with E-state index in [-0.39, 0.29) is 5.82 Å². The third-order valence-corrected chi connectivity index (χ3v) is 4.91. The first-order valence-electron chi connectivity index (χ1n) is 8.63. The number of amides is 1. The van der Waals surface area contributed by atoms with Crippen LogP contribution in [0, 0.1) is 20.8 Å². The highest BCUT2D eigenvalue weighted by Crippen LogP contribution is 2.24. The number of anilines is 1. The summed E-state index contributed by atoms with van der Waals surface area (Å²) in [5.41, 5.74) is 9.79. The van der Waals surface area contributed by atoms with Gasteiger partial charge in [0.05, 0.1) is 0 Å². The number of rotatable bonds is 5. The van der Waals surface area contributed by atoms with Gasteiger partial charge >= 0.3 is 0 Å². The Kier molecular flexibility index (Phi) is 4.99. The summed E-state index contributed by atoms with van der Waals surface area (Å²) in [5, 5.41) is 3.63. The molecule has 1 fully saturated rings. The van der Waals surface area contributed by atoms with Gasteiger partial charge in [0.2, 0.25) is 5.82 Å². The summed E-state index contributed by atoms with van der Waals surface area (Å²) in [5.74, 6) is 0.327. The number of hydrogen-bond acceptors (Lipinski definition) is 5. The average molecular weight is 339 g/mol. The van der Waals surface area contributed by atoms with Gasteiger partial charge in [0.1, 0.15) is 5.82 Å². The molecule has 1 aromatic carbocycles. The van der Waals surface area contributed by atoms with Gasteiger partial charge in [0.15, 0.2) is 0 Å². The molecule has 0 bridgehead atoms. The number of nitrogens with zero attached hydrogens (tertiary/aromatic N) is 3. The molecule has 0 saturated carbocycles. The minimum absolute atomic E-state index is 0.0921. The van der Waals surface area contributed by atoms with Gasteiger partial charge in [0, 0.05) is 36.9 Å². The van der Waals surface area contributed by atoms with Gasteiger partial charge in [-0.2, -0.15) is 0 Å². The van der Waals surface area contributed by atoms with Crippen molar-refractivity contribution in [3.05, 3.63) is 52.5 Å². The third kappa shape index (κ3) is 3.79. The lowest BCUT2D eigenvalue weighted by molar-refractivity contribution is 0.0990. The maximum atomic E-state index is 11.5. The normalized spacial score (nSPS) is 17.1. The van der Waals surface area contributed by atoms with Crippen LogP contribution in [0.25, 0.3) is 0 Å². The predicted octanol–water partition coefficient (Wildman–Crippen LogP) is 1.87. The number of nitrogens with two attached hydrogens (primary N) is 1. The number of aryl methyl sites for hydroxylation is 2. The van der Waals surface area contributed by atoms with Crippen LogP contribution in [-0.2, 0) is 6.54 Å². The molecule has 0 unspecified atom stereocenters. The molecule has 1 atom stereocenters. The smallest absolute Gasteiger partial charge is 0.286 e. The molecule has 2 heterocycles. The molecule has 132 valence electrons. The fraction of sp³-hybridized carbons (Fsp3) is 0.421. The van der Waals surface area contributed by atoms with Crippen LogP contribution in [0.15, 0.2) is 24.3 Å². The first-order chi connectivity index (χ1) is 12.0. The summed E-state index contributed by atoms with van der Waals surface area (Å²) in [7, 11) is 0. The monoisotopic (exact) mass is 339 g/mol. The van der Waals surface area contributed by atoms with E-state index in [0.29, 0.717) is 6.04 Å². The minimum atomic E-state index is -0.585. The van der Waals surface area contributed by atoms with E-state index in [1.54, 1.807) is 0 Å². The van der Waals surface area contributed by atoms with Crippen LogP contribution in [0.4, 0.5) is 5.82 Å². The van der Waals surface area contributed by atoms with E-state index in [1.807, 2.05) is 13.8 Å². The molecule has 6 heteroatoms. The molecule has 25 heavy (non-hydrogen) atoms. The van der Waals surface area contributed by atoms with E-state index in [4.69, 9.17) is 5.73 Å². The van der Waals surface area contributed by atoms with Crippen molar-refractivity contribution < 1.29 is 4.79 Å². The number of carbonyl (C=O) groups is 1. The SMILES string of the molecule is Cc1ccccc1CN[C@@H]1CCN(c2nc(C(N)=O)nc(C)c2C)C1. The van der Waals surface area contributed by atoms with E-state index in [0.717, 1.165) is 43.1 Å². The maximum absolute atomic E-state index is 11.5. The minimum Gasteiger partial charge on any atom is -0.363 e. The van der Waals surface area contributed by atoms with Crippen LogP contribution in [0.3, 0.4) is 0 Å². The molecule has 1 amide bonds. The van der Waals surface area contributed by atoms with Crippen molar-refractivity contribution >= 4 is 11.7 Å². The van der Waals surface area contributed by atoms with Crippen LogP contribution < -0.4 is 16.0 Å². The van der Waals surface area contributed by atoms with Crippen LogP contribution >= 0.6 is 0 Å². The van der Waals surface area contributed by atoms with Crippen molar-refractivity contribution in [2.45, 2.75) is 39.8 Å². The van der Waals surface area contributed by atoms with Crippen molar-refractivity contribution in [3.8, 4) is 0 Å². The molecule has 3 N–H and O–H groups in total. The molecule has 2 aromatic rings. The van der Waals surface area contributed by atoms with Gasteiger partial charge in [-0.1, -0.05) is 24.3 Å². The van der Waals surface area contributed by atoms with Crippen LogP contribution in [0.5, 0.6) is 0 Å². The van der Waals surface area contributed by atoms with E-state index in [9.17, 15) is 4.79 Å². The second-order valence-corrected chi connectivity index (χ2v) is 6.68. The summed E-state index contributed by atoms with van der Waals surface area (Å²) in [6.45, 7) is 8.64. The van der Waals surface area contributed by atoms with Gasteiger partial charge < -0.3 is 16.0 Å². The number of carbonyl (C=O) groups excluding carboxylic acids is 1. The molecule has 3 rings (SSSR count). The topological polar surface area (TPSA) is 84.1 Å². The summed E-state index contributed by atoms with van der Waals surface area (Å²) < 4.78 is 0. The van der Waals surface area contributed by atoms with Crippen molar-refractivity contribution in [1.82, 2.24) is 15.3 Å². The first-order valence-corrected chi connectivity index (χ1v) is 8.63. The molecule has 1 aliphatic heterocycles. The van der Waals surface area contributed by atoms with Crippen molar-refractivity contribution in [2.75, 3.05) is 18.0 Å². The van der Waals surface area contributed by atoms with Gasteiger partial charge in [-0.3, -0.25) is 4.79 Å². The Bertz CT molecular complexity index is 789. The summed E-state index contributed by atoms with van der Waals surface area (Å²) in [4.78, 5) is 22.2. The van der Waals surface area contributed by atoms with E-state index >= 15 is 0 Å². The Morgan fingerprint density at radius 1 is 1.28 bits per heavy atom. The van der Waals surface area contributed by atoms with Gasteiger partial charge in [-0.25, -0.2) is 9.97 Å². The summed E-state index contributed by atoms with van der Waals surface area (Å²) in [6.07, 6.45) is 1.04. The first kappa shape index (κ1) is 17.4. The molecule has 0 spiro atoms. The molecule has 1 saturated heterocycles. The Balaban J connectivity index is 1.69. The van der Waals surface area contributed by atoms with E-state index < -0.39 is 5.91 Å². The molecule has 0 aliphatic carbocycles. The summed E-state index contributed by atoms with van der Waals surface area (Å²) >= 11 is 0. The Labute approximate surface area is 148 Å². The quantitative estimate of drug-likeness (QED) is 0.869. The highest BCUT2D eigenvalue weighted by molar-refractivity contribution is 5.89. The van der Waals surface area contributed by atoms with Crippen LogP contribution in [0.1, 0.15) is 39.4 Å². The number of nitrogens with one attached hydrogen (secondary N) is 1. The number of hydrogen-bond donors (Lipinski definition) is 2. The molecule has 0 radical (unpaired) electrons. The van der Waals surface area contributed by atoms with Crippen molar-refractivity contribution in [3.63, 3.8) is 0 Å². The van der Waals surface area contributed by atoms with Crippen LogP contribution in [0.2, 0.25) is 0 Å². The number of aromatic nitrogens is 2. The predicted molar refractivity (Wildman–Crippen MR) is 98.7 cm³/mol. The number of benzene rings is 1. The average Bonchev–Trinajstić information content (AvgIpc) is 3.05. The lowest BCUT2D eigenvalue weighted by atomic mass is 10.1. The zero-order chi connectivity index (χ0) is 18.0. The molecule has 1 aliphatic rings. The number of primary amides is 1. The van der Waals surface area contributed by atoms with Crippen molar-refractivity contribution in [1.29, 1.82) is 0 Å². The zero-order valence-corrected chi connectivity index (χ0v) is 15.0. The fourth-order valence-electron chi connectivity index (χ4n) is 3.21. The molecule has 6 nitrogen and oxygen atoms in total. The summed E-state index contributed by atoms with van der Waals surface area (Å²) in [6, 6.07) is 8.82. The Morgan fingerprint density at radius 2 is 2.04 bits per heavy atom. The van der Waals surface area contributed by atoms with E-state index in [2.05, 4.69) is 51.4 Å². The second-order valence-electron chi connectivity index (χ2n) is 6.68. The van der Waals surface area contributed by atoms with Gasteiger partial charge in [-0.15, -0.1) is 0 Å². The molecule has 1 aromatic heterocycles. The zero-order valence-electron chi connectivity index (χ0n) is 15.0. The lowest BCUT2D eigenvalue weighted by Gasteiger charge is -2.21. The van der Waals surface area contributed by atoms with Crippen LogP contribution in [-0.4, -0.2) is 35.0 Å². The molecular formula is C19H25N5O. The third-order valence-electron chi connectivity index (χ3n) is 4.91. The lowest BCUT2D eigenvalue weighted by Crippen LogP contribution is -2.33. The Hall–Kier alpha value is -2.47. The fourth-order valence-corrected chi connectivity index (χ4v) is 3.21. The maximum Gasteiger partial charge on any atom is 0.286 e. The van der Waals surface area contributed by atoms with Gasteiger partial charge in [0.25, 0.3) is 5.91 Å². The standard InChI is InChI=1S/C19H25N5O/c1-12-6-4-5-7-15(12)10-21-16-8-9-24(11-16)19-13(2)14(3)22-18(23-19)17(20)25/h4-7,16,21H,8-11H2,1-3H3,(H2,20,25)/t16-/m1/s1. The molecular weight excluding hydrogens is 314 g/mol. The highest BCUT2D eigenvalue weighted by Gasteiger charge is 2.26. The second kappa shape index (κ2) is 7.19.